The molecule has 0 spiro atoms. The van der Waals surface area contributed by atoms with Gasteiger partial charge in [0.05, 0.1) is 22.4 Å². The Kier molecular flexibility index (Phi) is 4.11. The number of rotatable bonds is 4. The topological polar surface area (TPSA) is 25.2 Å². The summed E-state index contributed by atoms with van der Waals surface area (Å²) >= 11 is 11.9. The van der Waals surface area contributed by atoms with Gasteiger partial charge in [0.1, 0.15) is 5.76 Å². The van der Waals surface area contributed by atoms with Gasteiger partial charge in [-0.2, -0.15) is 0 Å². The zero-order chi connectivity index (χ0) is 12.3. The summed E-state index contributed by atoms with van der Waals surface area (Å²) < 4.78 is 5.43. The maximum Gasteiger partial charge on any atom is 0.125 e. The molecule has 1 heterocycles. The number of hydrogen-bond donors (Lipinski definition) is 1. The summed E-state index contributed by atoms with van der Waals surface area (Å²) in [5, 5.41) is 4.47. The molecule has 0 saturated heterocycles. The van der Waals surface area contributed by atoms with Gasteiger partial charge in [0.15, 0.2) is 0 Å². The molecule has 1 aromatic carbocycles. The molecule has 0 fully saturated rings. The van der Waals surface area contributed by atoms with E-state index in [1.54, 1.807) is 12.3 Å². The second kappa shape index (κ2) is 5.58. The van der Waals surface area contributed by atoms with Crippen molar-refractivity contribution in [2.24, 2.45) is 0 Å². The molecule has 0 amide bonds. The predicted molar refractivity (Wildman–Crippen MR) is 70.7 cm³/mol. The van der Waals surface area contributed by atoms with E-state index < -0.39 is 0 Å². The van der Waals surface area contributed by atoms with Crippen LogP contribution in [0.3, 0.4) is 0 Å². The Labute approximate surface area is 111 Å². The third kappa shape index (κ3) is 2.83. The van der Waals surface area contributed by atoms with Gasteiger partial charge in [-0.05, 0) is 36.4 Å². The van der Waals surface area contributed by atoms with Crippen molar-refractivity contribution in [3.05, 3.63) is 58.0 Å². The molecule has 0 radical (unpaired) electrons. The van der Waals surface area contributed by atoms with Crippen molar-refractivity contribution in [2.45, 2.75) is 13.0 Å². The minimum Gasteiger partial charge on any atom is -0.467 e. The maximum absolute atomic E-state index is 6.03. The highest BCUT2D eigenvalue weighted by Gasteiger charge is 2.16. The van der Waals surface area contributed by atoms with Crippen molar-refractivity contribution in [2.75, 3.05) is 6.54 Å². The van der Waals surface area contributed by atoms with Gasteiger partial charge in [0.25, 0.3) is 0 Å². The molecule has 0 aliphatic carbocycles. The van der Waals surface area contributed by atoms with Crippen LogP contribution < -0.4 is 5.32 Å². The van der Waals surface area contributed by atoms with Gasteiger partial charge in [0.2, 0.25) is 0 Å². The smallest absolute Gasteiger partial charge is 0.125 e. The molecule has 1 atom stereocenters. The van der Waals surface area contributed by atoms with Gasteiger partial charge in [0, 0.05) is 0 Å². The van der Waals surface area contributed by atoms with Crippen molar-refractivity contribution in [3.8, 4) is 0 Å². The number of furan rings is 1. The Balaban J connectivity index is 2.35. The molecule has 1 aromatic heterocycles. The fourth-order valence-electron chi connectivity index (χ4n) is 1.73. The molecule has 2 rings (SSSR count). The Hall–Kier alpha value is -0.960. The molecule has 17 heavy (non-hydrogen) atoms. The van der Waals surface area contributed by atoms with Crippen LogP contribution in [0.15, 0.2) is 41.0 Å². The number of hydrogen-bond acceptors (Lipinski definition) is 2. The normalized spacial score (nSPS) is 12.6. The van der Waals surface area contributed by atoms with E-state index in [1.807, 2.05) is 31.2 Å². The Morgan fingerprint density at radius 2 is 2.06 bits per heavy atom. The van der Waals surface area contributed by atoms with Gasteiger partial charge in [-0.25, -0.2) is 0 Å². The Morgan fingerprint density at radius 3 is 2.65 bits per heavy atom. The largest absolute Gasteiger partial charge is 0.467 e. The van der Waals surface area contributed by atoms with Crippen LogP contribution in [-0.4, -0.2) is 6.54 Å². The highest BCUT2D eigenvalue weighted by atomic mass is 35.5. The molecule has 2 nitrogen and oxygen atoms in total. The molecule has 90 valence electrons. The summed E-state index contributed by atoms with van der Waals surface area (Å²) in [4.78, 5) is 0. The lowest BCUT2D eigenvalue weighted by molar-refractivity contribution is 0.452. The van der Waals surface area contributed by atoms with Crippen LogP contribution in [0.5, 0.6) is 0 Å². The minimum absolute atomic E-state index is 0.00441. The number of benzene rings is 1. The Morgan fingerprint density at radius 1 is 1.24 bits per heavy atom. The standard InChI is InChI=1S/C13H13Cl2NO/c1-2-16-13(12-4-3-7-17-12)9-5-6-10(14)11(15)8-9/h3-8,13,16H,2H2,1H3. The predicted octanol–water partition coefficient (Wildman–Crippen LogP) is 4.29. The van der Waals surface area contributed by atoms with Crippen LogP contribution in [0.4, 0.5) is 0 Å². The van der Waals surface area contributed by atoms with Crippen LogP contribution in [-0.2, 0) is 0 Å². The zero-order valence-electron chi connectivity index (χ0n) is 9.41. The molecule has 1 unspecified atom stereocenters. The molecule has 2 aromatic rings. The second-order valence-corrected chi connectivity index (χ2v) is 4.49. The first-order valence-corrected chi connectivity index (χ1v) is 6.19. The molecular weight excluding hydrogens is 257 g/mol. The van der Waals surface area contributed by atoms with Crippen molar-refractivity contribution in [1.29, 1.82) is 0 Å². The van der Waals surface area contributed by atoms with Crippen molar-refractivity contribution < 1.29 is 4.42 Å². The summed E-state index contributed by atoms with van der Waals surface area (Å²) in [6, 6.07) is 9.42. The van der Waals surface area contributed by atoms with Crippen molar-refractivity contribution >= 4 is 23.2 Å². The molecule has 0 aliphatic rings. The van der Waals surface area contributed by atoms with Crippen LogP contribution >= 0.6 is 23.2 Å². The first-order valence-electron chi connectivity index (χ1n) is 5.44. The second-order valence-electron chi connectivity index (χ2n) is 3.68. The summed E-state index contributed by atoms with van der Waals surface area (Å²) in [6.45, 7) is 2.89. The van der Waals surface area contributed by atoms with Gasteiger partial charge < -0.3 is 9.73 Å². The summed E-state index contributed by atoms with van der Waals surface area (Å²) in [5.41, 5.74) is 1.04. The SMILES string of the molecule is CCNC(c1ccc(Cl)c(Cl)c1)c1ccco1. The fraction of sp³-hybridized carbons (Fsp3) is 0.231. The zero-order valence-corrected chi connectivity index (χ0v) is 10.9. The highest BCUT2D eigenvalue weighted by molar-refractivity contribution is 6.42. The van der Waals surface area contributed by atoms with Gasteiger partial charge in [-0.3, -0.25) is 0 Å². The summed E-state index contributed by atoms with van der Waals surface area (Å²) in [5.74, 6) is 0.866. The number of halogens is 2. The van der Waals surface area contributed by atoms with Crippen LogP contribution in [0, 0.1) is 0 Å². The summed E-state index contributed by atoms with van der Waals surface area (Å²) in [6.07, 6.45) is 1.66. The van der Waals surface area contributed by atoms with E-state index in [0.717, 1.165) is 17.9 Å². The third-order valence-corrected chi connectivity index (χ3v) is 3.25. The van der Waals surface area contributed by atoms with E-state index in [2.05, 4.69) is 5.32 Å². The maximum atomic E-state index is 6.03. The lowest BCUT2D eigenvalue weighted by Gasteiger charge is -2.16. The molecule has 0 aliphatic heterocycles. The van der Waals surface area contributed by atoms with Crippen molar-refractivity contribution in [3.63, 3.8) is 0 Å². The van der Waals surface area contributed by atoms with Gasteiger partial charge >= 0.3 is 0 Å². The molecule has 1 N–H and O–H groups in total. The minimum atomic E-state index is 0.00441. The van der Waals surface area contributed by atoms with Gasteiger partial charge in [-0.15, -0.1) is 0 Å². The molecular formula is C13H13Cl2NO. The molecule has 4 heteroatoms. The van der Waals surface area contributed by atoms with E-state index in [4.69, 9.17) is 27.6 Å². The van der Waals surface area contributed by atoms with Crippen LogP contribution in [0.25, 0.3) is 0 Å². The molecule has 0 saturated carbocycles. The van der Waals surface area contributed by atoms with E-state index in [0.29, 0.717) is 10.0 Å². The van der Waals surface area contributed by atoms with E-state index in [1.165, 1.54) is 0 Å². The monoisotopic (exact) mass is 269 g/mol. The lowest BCUT2D eigenvalue weighted by Crippen LogP contribution is -2.21. The summed E-state index contributed by atoms with van der Waals surface area (Å²) in [7, 11) is 0. The quantitative estimate of drug-likeness (QED) is 0.896. The van der Waals surface area contributed by atoms with Gasteiger partial charge in [-0.1, -0.05) is 36.2 Å². The van der Waals surface area contributed by atoms with E-state index >= 15 is 0 Å². The third-order valence-electron chi connectivity index (χ3n) is 2.51. The first kappa shape index (κ1) is 12.5. The Bertz CT molecular complexity index is 482. The first-order chi connectivity index (χ1) is 8.22. The highest BCUT2D eigenvalue weighted by Crippen LogP contribution is 2.28. The number of nitrogens with one attached hydrogen (secondary N) is 1. The van der Waals surface area contributed by atoms with E-state index in [-0.39, 0.29) is 6.04 Å². The van der Waals surface area contributed by atoms with Crippen molar-refractivity contribution in [1.82, 2.24) is 5.32 Å². The molecule has 0 bridgehead atoms. The van der Waals surface area contributed by atoms with E-state index in [9.17, 15) is 0 Å². The average molecular weight is 270 g/mol. The fourth-order valence-corrected chi connectivity index (χ4v) is 2.04. The van der Waals surface area contributed by atoms with Crippen LogP contribution in [0.1, 0.15) is 24.3 Å². The van der Waals surface area contributed by atoms with Crippen LogP contribution in [0.2, 0.25) is 10.0 Å². The lowest BCUT2D eigenvalue weighted by atomic mass is 10.0. The average Bonchev–Trinajstić information content (AvgIpc) is 2.83.